The van der Waals surface area contributed by atoms with Gasteiger partial charge in [0.25, 0.3) is 0 Å². The van der Waals surface area contributed by atoms with Gasteiger partial charge in [-0.15, -0.1) is 0 Å². The Hall–Kier alpha value is -1.98. The van der Waals surface area contributed by atoms with Crippen molar-refractivity contribution in [1.29, 1.82) is 0 Å². The zero-order chi connectivity index (χ0) is 12.7. The van der Waals surface area contributed by atoms with Crippen LogP contribution in [-0.2, 0) is 4.74 Å². The van der Waals surface area contributed by atoms with Crippen molar-refractivity contribution >= 4 is 42.9 Å². The number of esters is 1. The van der Waals surface area contributed by atoms with Gasteiger partial charge in [-0.2, -0.15) is 0 Å². The van der Waals surface area contributed by atoms with Crippen molar-refractivity contribution in [3.63, 3.8) is 0 Å². The Morgan fingerprint density at radius 2 is 2.22 bits per heavy atom. The van der Waals surface area contributed by atoms with Gasteiger partial charge < -0.3 is 0 Å². The summed E-state index contributed by atoms with van der Waals surface area (Å²) in [5.41, 5.74) is 1.67. The molecule has 1 N–H and O–H groups in total. The third-order valence-electron chi connectivity index (χ3n) is 2.66. The van der Waals surface area contributed by atoms with Crippen molar-refractivity contribution in [1.82, 2.24) is 12.9 Å². The maximum absolute atomic E-state index is 12.1. The number of aromatic nitrogens is 3. The summed E-state index contributed by atoms with van der Waals surface area (Å²) in [7, 11) is 1.23. The first-order valence-electron chi connectivity index (χ1n) is 5.06. The van der Waals surface area contributed by atoms with Crippen LogP contribution in [0.3, 0.4) is 0 Å². The number of benzene rings is 1. The number of carbonyl (C=O) groups is 1. The standard InChI is InChI=1S/C11H7N3O3Se/c1-17-11(16)6-4-12-8-5(10(6)15)2-3-7-9(8)14-18-13-7/h2-4,13H,1H3. The number of hydrogen-bond acceptors (Lipinski definition) is 5. The Morgan fingerprint density at radius 3 is 3.00 bits per heavy atom. The third kappa shape index (κ3) is 1.48. The number of methoxy groups -OCH3 is 1. The molecule has 0 saturated carbocycles. The van der Waals surface area contributed by atoms with Gasteiger partial charge in [0.1, 0.15) is 0 Å². The molecular weight excluding hydrogens is 301 g/mol. The normalized spacial score (nSPS) is 10.9. The minimum absolute atomic E-state index is 0.0532. The van der Waals surface area contributed by atoms with Crippen LogP contribution in [0.1, 0.15) is 10.4 Å². The predicted octanol–water partition coefficient (Wildman–Crippen LogP) is 0.315. The van der Waals surface area contributed by atoms with E-state index >= 15 is 0 Å². The molecule has 3 aromatic rings. The summed E-state index contributed by atoms with van der Waals surface area (Å²) >= 11 is -0.0532. The van der Waals surface area contributed by atoms with Crippen LogP contribution in [0, 0.1) is 0 Å². The molecule has 0 atom stereocenters. The van der Waals surface area contributed by atoms with Crippen molar-refractivity contribution in [2.45, 2.75) is 0 Å². The van der Waals surface area contributed by atoms with E-state index in [2.05, 4.69) is 17.7 Å². The summed E-state index contributed by atoms with van der Waals surface area (Å²) in [5, 5.41) is 0.389. The van der Waals surface area contributed by atoms with Gasteiger partial charge in [0.05, 0.1) is 0 Å². The van der Waals surface area contributed by atoms with Crippen LogP contribution in [-0.4, -0.2) is 41.0 Å². The van der Waals surface area contributed by atoms with Gasteiger partial charge in [-0.25, -0.2) is 0 Å². The number of aromatic amines is 1. The van der Waals surface area contributed by atoms with E-state index in [4.69, 9.17) is 0 Å². The van der Waals surface area contributed by atoms with Gasteiger partial charge in [-0.05, 0) is 0 Å². The minimum atomic E-state index is -0.672. The van der Waals surface area contributed by atoms with E-state index < -0.39 is 5.97 Å². The molecule has 0 spiro atoms. The van der Waals surface area contributed by atoms with Crippen LogP contribution in [0.15, 0.2) is 23.1 Å². The average Bonchev–Trinajstić information content (AvgIpc) is 2.87. The topological polar surface area (TPSA) is 84.9 Å². The molecule has 2 aromatic heterocycles. The number of hydrogen-bond donors (Lipinski definition) is 1. The molecule has 0 unspecified atom stereocenters. The molecule has 0 aliphatic rings. The van der Waals surface area contributed by atoms with E-state index in [1.165, 1.54) is 13.3 Å². The molecule has 1 aromatic carbocycles. The second-order valence-corrected chi connectivity index (χ2v) is 4.83. The fourth-order valence-electron chi connectivity index (χ4n) is 1.77. The molecule has 0 saturated heterocycles. The Kier molecular flexibility index (Phi) is 2.50. The molecule has 0 amide bonds. The number of H-pyrrole nitrogens is 1. The zero-order valence-corrected chi connectivity index (χ0v) is 11.0. The monoisotopic (exact) mass is 309 g/mol. The fourth-order valence-corrected chi connectivity index (χ4v) is 3.00. The number of fused-ring (bicyclic) bond motifs is 3. The van der Waals surface area contributed by atoms with Crippen LogP contribution in [0.5, 0.6) is 0 Å². The van der Waals surface area contributed by atoms with Gasteiger partial charge in [0.15, 0.2) is 0 Å². The van der Waals surface area contributed by atoms with Crippen LogP contribution >= 0.6 is 0 Å². The number of carbonyl (C=O) groups excluding carboxylic acids is 1. The van der Waals surface area contributed by atoms with Gasteiger partial charge in [-0.3, -0.25) is 0 Å². The van der Waals surface area contributed by atoms with Crippen molar-refractivity contribution in [2.75, 3.05) is 7.11 Å². The Labute approximate surface area is 107 Å². The Morgan fingerprint density at radius 1 is 1.39 bits per heavy atom. The first-order chi connectivity index (χ1) is 8.72. The Balaban J connectivity index is 2.43. The summed E-state index contributed by atoms with van der Waals surface area (Å²) in [6.07, 6.45) is 1.25. The van der Waals surface area contributed by atoms with Crippen molar-refractivity contribution in [3.05, 3.63) is 34.1 Å². The molecule has 18 heavy (non-hydrogen) atoms. The number of ether oxygens (including phenoxy) is 1. The number of nitrogens with one attached hydrogen (secondary N) is 1. The fraction of sp³-hybridized carbons (Fsp3) is 0.0909. The van der Waals surface area contributed by atoms with Gasteiger partial charge in [0.2, 0.25) is 0 Å². The molecule has 6 nitrogen and oxygen atoms in total. The molecule has 0 aliphatic heterocycles. The molecule has 3 rings (SSSR count). The van der Waals surface area contributed by atoms with Gasteiger partial charge in [0, 0.05) is 0 Å². The van der Waals surface area contributed by atoms with Gasteiger partial charge >= 0.3 is 107 Å². The van der Waals surface area contributed by atoms with Crippen LogP contribution < -0.4 is 5.43 Å². The van der Waals surface area contributed by atoms with E-state index in [0.717, 1.165) is 5.52 Å². The van der Waals surface area contributed by atoms with E-state index in [0.29, 0.717) is 16.4 Å². The summed E-state index contributed by atoms with van der Waals surface area (Å²) < 4.78 is 12.0. The molecule has 0 fully saturated rings. The molecule has 0 radical (unpaired) electrons. The third-order valence-corrected chi connectivity index (χ3v) is 3.89. The van der Waals surface area contributed by atoms with E-state index in [1.54, 1.807) is 12.1 Å². The molecule has 2 heterocycles. The van der Waals surface area contributed by atoms with E-state index in [9.17, 15) is 9.59 Å². The summed E-state index contributed by atoms with van der Waals surface area (Å²) in [6.45, 7) is 0. The number of nitrogens with zero attached hydrogens (tertiary/aromatic N) is 2. The molecule has 90 valence electrons. The van der Waals surface area contributed by atoms with Crippen LogP contribution in [0.2, 0.25) is 0 Å². The molecule has 0 bridgehead atoms. The summed E-state index contributed by atoms with van der Waals surface area (Å²) in [4.78, 5) is 27.7. The number of pyridine rings is 1. The quantitative estimate of drug-likeness (QED) is 0.517. The van der Waals surface area contributed by atoms with E-state index in [1.807, 2.05) is 0 Å². The Bertz CT molecular complexity index is 821. The average molecular weight is 308 g/mol. The number of rotatable bonds is 1. The second-order valence-electron chi connectivity index (χ2n) is 3.64. The first-order valence-corrected chi connectivity index (χ1v) is 6.68. The SMILES string of the molecule is COC(=O)c1cnc2c(ccc3[nH][se]nc32)c1=O. The van der Waals surface area contributed by atoms with Crippen LogP contribution in [0.25, 0.3) is 21.9 Å². The van der Waals surface area contributed by atoms with Crippen molar-refractivity contribution in [2.24, 2.45) is 0 Å². The second kappa shape index (κ2) is 4.04. The van der Waals surface area contributed by atoms with Crippen molar-refractivity contribution in [3.8, 4) is 0 Å². The summed E-state index contributed by atoms with van der Waals surface area (Å²) in [5.74, 6) is -0.672. The van der Waals surface area contributed by atoms with Gasteiger partial charge in [-0.1, -0.05) is 0 Å². The molecular formula is C11H7N3O3Se. The molecule has 7 heteroatoms. The maximum atomic E-state index is 12.1. The predicted molar refractivity (Wildman–Crippen MR) is 65.9 cm³/mol. The van der Waals surface area contributed by atoms with Crippen molar-refractivity contribution < 1.29 is 9.53 Å². The zero-order valence-electron chi connectivity index (χ0n) is 9.26. The summed E-state index contributed by atoms with van der Waals surface area (Å²) in [6, 6.07) is 3.43. The first kappa shape index (κ1) is 11.1. The molecule has 0 aliphatic carbocycles. The van der Waals surface area contributed by atoms with Crippen LogP contribution in [0.4, 0.5) is 0 Å². The van der Waals surface area contributed by atoms with E-state index in [-0.39, 0.29) is 26.0 Å².